The smallest absolute Gasteiger partial charge is 0.0431 e. The van der Waals surface area contributed by atoms with Gasteiger partial charge in [0.2, 0.25) is 0 Å². The van der Waals surface area contributed by atoms with E-state index in [0.717, 1.165) is 66.6 Å². The number of rotatable bonds is 41. The molecule has 0 aromatic rings. The summed E-state index contributed by atoms with van der Waals surface area (Å²) in [7, 11) is 0. The van der Waals surface area contributed by atoms with Crippen LogP contribution in [-0.4, -0.2) is 35.1 Å². The van der Waals surface area contributed by atoms with E-state index < -0.39 is 0 Å². The Morgan fingerprint density at radius 1 is 0.263 bits per heavy atom. The van der Waals surface area contributed by atoms with Crippen molar-refractivity contribution in [3.05, 3.63) is 0 Å². The summed E-state index contributed by atoms with van der Waals surface area (Å²) in [5.74, 6) is 7.79. The van der Waals surface area contributed by atoms with Crippen molar-refractivity contribution in [1.29, 1.82) is 0 Å². The van der Waals surface area contributed by atoms with Crippen LogP contribution in [0.1, 0.15) is 278 Å². The monoisotopic (exact) mass is 803 g/mol. The van der Waals surface area contributed by atoms with E-state index in [0.29, 0.717) is 19.8 Å². The maximum Gasteiger partial charge on any atom is 0.0431 e. The molecule has 0 bridgehead atoms. The van der Waals surface area contributed by atoms with Gasteiger partial charge in [-0.2, -0.15) is 0 Å². The van der Waals surface area contributed by atoms with Crippen LogP contribution in [0.5, 0.6) is 0 Å². The van der Waals surface area contributed by atoms with E-state index in [1.54, 1.807) is 0 Å². The summed E-state index contributed by atoms with van der Waals surface area (Å²) >= 11 is 0. The van der Waals surface area contributed by atoms with Gasteiger partial charge in [-0.3, -0.25) is 0 Å². The molecule has 0 amide bonds. The lowest BCUT2D eigenvalue weighted by molar-refractivity contribution is -0.112. The summed E-state index contributed by atoms with van der Waals surface area (Å²) in [6.07, 6.45) is 55.3. The second kappa shape index (κ2) is 37.6. The molecule has 2 rings (SSSR count). The van der Waals surface area contributed by atoms with Gasteiger partial charge in [0.25, 0.3) is 0 Å². The molecule has 340 valence electrons. The third-order valence-corrected chi connectivity index (χ3v) is 15.7. The third-order valence-electron chi connectivity index (χ3n) is 15.7. The maximum atomic E-state index is 9.30. The minimum absolute atomic E-state index is 0.362. The van der Waals surface area contributed by atoms with Gasteiger partial charge in [-0.1, -0.05) is 220 Å². The van der Waals surface area contributed by atoms with E-state index in [4.69, 9.17) is 5.11 Å². The van der Waals surface area contributed by atoms with Crippen molar-refractivity contribution in [2.45, 2.75) is 278 Å². The normalized spacial score (nSPS) is 24.9. The zero-order valence-corrected chi connectivity index (χ0v) is 39.4. The van der Waals surface area contributed by atoms with E-state index >= 15 is 0 Å². The van der Waals surface area contributed by atoms with Gasteiger partial charge >= 0.3 is 0 Å². The molecule has 2 fully saturated rings. The Hall–Kier alpha value is -0.120. The van der Waals surface area contributed by atoms with Crippen molar-refractivity contribution in [2.24, 2.45) is 47.3 Å². The molecule has 3 heteroatoms. The molecule has 2 aliphatic rings. The molecule has 2 aliphatic carbocycles. The van der Waals surface area contributed by atoms with Crippen LogP contribution in [0.15, 0.2) is 0 Å². The lowest BCUT2D eigenvalue weighted by Gasteiger charge is -2.60. The molecule has 2 saturated carbocycles. The first kappa shape index (κ1) is 53.0. The number of aliphatic hydroxyl groups is 3. The van der Waals surface area contributed by atoms with E-state index in [-0.39, 0.29) is 0 Å². The second-order valence-corrected chi connectivity index (χ2v) is 20.1. The van der Waals surface area contributed by atoms with Gasteiger partial charge in [-0.15, -0.1) is 0 Å². The average molecular weight is 803 g/mol. The first-order valence-corrected chi connectivity index (χ1v) is 27.0. The maximum absolute atomic E-state index is 9.30. The van der Waals surface area contributed by atoms with Gasteiger partial charge in [0.15, 0.2) is 0 Å². The molecule has 0 spiro atoms. The van der Waals surface area contributed by atoms with Gasteiger partial charge in [0, 0.05) is 19.8 Å². The fourth-order valence-electron chi connectivity index (χ4n) is 12.7. The lowest BCUT2D eigenvalue weighted by atomic mass is 9.45. The minimum Gasteiger partial charge on any atom is -0.396 e. The van der Waals surface area contributed by atoms with Gasteiger partial charge in [-0.05, 0) is 105 Å². The van der Waals surface area contributed by atoms with Crippen LogP contribution in [0.4, 0.5) is 0 Å². The van der Waals surface area contributed by atoms with E-state index in [9.17, 15) is 10.2 Å². The molecule has 0 radical (unpaired) electrons. The predicted octanol–water partition coefficient (Wildman–Crippen LogP) is 16.6. The molecule has 3 nitrogen and oxygen atoms in total. The average Bonchev–Trinajstić information content (AvgIpc) is 3.22. The molecule has 0 saturated heterocycles. The molecule has 0 aromatic heterocycles. The largest absolute Gasteiger partial charge is 0.396 e. The number of unbranched alkanes of at least 4 members (excludes halogenated alkanes) is 26. The first-order chi connectivity index (χ1) is 28.2. The van der Waals surface area contributed by atoms with Crippen molar-refractivity contribution in [3.63, 3.8) is 0 Å². The Morgan fingerprint density at radius 2 is 0.491 bits per heavy atom. The number of fused-ring (bicyclic) bond motifs is 1. The highest BCUT2D eigenvalue weighted by Gasteiger charge is 2.54. The van der Waals surface area contributed by atoms with E-state index in [2.05, 4.69) is 20.8 Å². The summed E-state index contributed by atoms with van der Waals surface area (Å²) in [6.45, 7) is 8.36. The van der Waals surface area contributed by atoms with Crippen LogP contribution < -0.4 is 0 Å². The van der Waals surface area contributed by atoms with Crippen LogP contribution in [-0.2, 0) is 0 Å². The molecular formula is C54H106O3. The number of hydrogen-bond acceptors (Lipinski definition) is 3. The molecule has 0 aliphatic heterocycles. The predicted molar refractivity (Wildman–Crippen MR) is 251 cm³/mol. The van der Waals surface area contributed by atoms with Crippen LogP contribution in [0, 0.1) is 47.3 Å². The fraction of sp³-hybridized carbons (Fsp3) is 1.00. The topological polar surface area (TPSA) is 60.7 Å². The van der Waals surface area contributed by atoms with Crippen LogP contribution in [0.25, 0.3) is 0 Å². The molecule has 8 unspecified atom stereocenters. The van der Waals surface area contributed by atoms with Crippen LogP contribution >= 0.6 is 0 Å². The number of hydrogen-bond donors (Lipinski definition) is 3. The molecule has 3 N–H and O–H groups in total. The first-order valence-electron chi connectivity index (χ1n) is 27.0. The van der Waals surface area contributed by atoms with Gasteiger partial charge in [-0.25, -0.2) is 0 Å². The quantitative estimate of drug-likeness (QED) is 0.0540. The second-order valence-electron chi connectivity index (χ2n) is 20.1. The van der Waals surface area contributed by atoms with Gasteiger partial charge < -0.3 is 15.3 Å². The van der Waals surface area contributed by atoms with Gasteiger partial charge in [0.05, 0.1) is 0 Å². The highest BCUT2D eigenvalue weighted by atomic mass is 16.3. The van der Waals surface area contributed by atoms with Crippen molar-refractivity contribution < 1.29 is 15.3 Å². The Kier molecular flexibility index (Phi) is 35.0. The Balaban J connectivity index is 2.38. The summed E-state index contributed by atoms with van der Waals surface area (Å²) in [5, 5.41) is 27.7. The zero-order chi connectivity index (χ0) is 41.0. The van der Waals surface area contributed by atoms with Gasteiger partial charge in [0.1, 0.15) is 0 Å². The SMILES string of the molecule is CCCCCC1CCC(CCCCCCCCCO)C2C(CCCCCCCCCO)C(CCCCCCCCCCCO)C(CCCCC)C(CCCCC)C12. The Labute approximate surface area is 358 Å². The molecule has 57 heavy (non-hydrogen) atoms. The third kappa shape index (κ3) is 23.1. The summed E-state index contributed by atoms with van der Waals surface area (Å²) < 4.78 is 0. The fourth-order valence-corrected chi connectivity index (χ4v) is 12.7. The lowest BCUT2D eigenvalue weighted by Crippen LogP contribution is -2.53. The van der Waals surface area contributed by atoms with E-state index in [1.165, 1.54) is 238 Å². The highest BCUT2D eigenvalue weighted by molar-refractivity contribution is 5.03. The van der Waals surface area contributed by atoms with Crippen molar-refractivity contribution >= 4 is 0 Å². The molecular weight excluding hydrogens is 697 g/mol. The Morgan fingerprint density at radius 3 is 0.789 bits per heavy atom. The van der Waals surface area contributed by atoms with Crippen molar-refractivity contribution in [1.82, 2.24) is 0 Å². The number of aliphatic hydroxyl groups excluding tert-OH is 3. The minimum atomic E-state index is 0.362. The summed E-state index contributed by atoms with van der Waals surface area (Å²) in [4.78, 5) is 0. The molecule has 0 aromatic carbocycles. The summed E-state index contributed by atoms with van der Waals surface area (Å²) in [5.41, 5.74) is 0. The highest BCUT2D eigenvalue weighted by Crippen LogP contribution is 2.61. The van der Waals surface area contributed by atoms with Crippen LogP contribution in [0.3, 0.4) is 0 Å². The summed E-state index contributed by atoms with van der Waals surface area (Å²) in [6, 6.07) is 0. The standard InChI is InChI=1S/C54H106O3/c1-4-7-27-36-47-42-43-48(37-30-21-15-13-19-25-34-45-56)54-52(41-32-23-17-14-20-26-35-46-57)50(39-31-22-16-11-10-12-18-24-33-44-55)49(38-28-8-5-2)51(53(47)54)40-29-9-6-3/h47-57H,4-46H2,1-3H3. The van der Waals surface area contributed by atoms with Crippen LogP contribution in [0.2, 0.25) is 0 Å². The zero-order valence-electron chi connectivity index (χ0n) is 39.4. The molecule has 0 heterocycles. The van der Waals surface area contributed by atoms with Crippen molar-refractivity contribution in [2.75, 3.05) is 19.8 Å². The van der Waals surface area contributed by atoms with Crippen molar-refractivity contribution in [3.8, 4) is 0 Å². The van der Waals surface area contributed by atoms with E-state index in [1.807, 2.05) is 0 Å². The Bertz CT molecular complexity index is 830. The molecule has 8 atom stereocenters.